The fraction of sp³-hybridized carbons (Fsp3) is 0.370. The molecule has 1 aliphatic heterocycles. The Labute approximate surface area is 224 Å². The summed E-state index contributed by atoms with van der Waals surface area (Å²) in [5, 5.41) is 7.59. The van der Waals surface area contributed by atoms with E-state index in [0.717, 1.165) is 47.5 Å². The van der Waals surface area contributed by atoms with Crippen molar-refractivity contribution in [3.63, 3.8) is 0 Å². The number of nitrogens with two attached hydrogens (primary N) is 1. The van der Waals surface area contributed by atoms with Crippen LogP contribution in [0.5, 0.6) is 5.88 Å². The van der Waals surface area contributed by atoms with Gasteiger partial charge in [-0.3, -0.25) is 19.5 Å². The summed E-state index contributed by atoms with van der Waals surface area (Å²) in [5.41, 5.74) is 9.53. The Balaban J connectivity index is 1.61. The molecule has 1 unspecified atom stereocenters. The summed E-state index contributed by atoms with van der Waals surface area (Å²) >= 11 is 1.38. The molecule has 1 aliphatic rings. The van der Waals surface area contributed by atoms with Gasteiger partial charge in [0.1, 0.15) is 4.83 Å². The SMILES string of the molecule is COc1ncccc1-c1sc2c(C(N)=O)cnn2c1-c1cc(NC(=O)C2CCCCN2C(C)C)cnc1C. The summed E-state index contributed by atoms with van der Waals surface area (Å²) < 4.78 is 7.24. The van der Waals surface area contributed by atoms with Crippen LogP contribution in [0.2, 0.25) is 0 Å². The highest BCUT2D eigenvalue weighted by atomic mass is 32.1. The average molecular weight is 534 g/mol. The Kier molecular flexibility index (Phi) is 7.13. The quantitative estimate of drug-likeness (QED) is 0.365. The molecule has 1 saturated heterocycles. The number of likely N-dealkylation sites (tertiary alicyclic amines) is 1. The molecule has 0 bridgehead atoms. The third kappa shape index (κ3) is 4.63. The summed E-state index contributed by atoms with van der Waals surface area (Å²) in [4.78, 5) is 38.1. The van der Waals surface area contributed by atoms with Crippen molar-refractivity contribution >= 4 is 33.7 Å². The molecule has 0 aliphatic carbocycles. The maximum atomic E-state index is 13.4. The number of piperidine rings is 1. The molecular formula is C27H31N7O3S. The zero-order valence-corrected chi connectivity index (χ0v) is 22.7. The minimum atomic E-state index is -0.560. The van der Waals surface area contributed by atoms with Crippen molar-refractivity contribution in [1.82, 2.24) is 24.5 Å². The van der Waals surface area contributed by atoms with E-state index in [1.807, 2.05) is 25.1 Å². The Morgan fingerprint density at radius 2 is 2.03 bits per heavy atom. The van der Waals surface area contributed by atoms with Crippen molar-refractivity contribution in [2.45, 2.75) is 52.1 Å². The highest BCUT2D eigenvalue weighted by molar-refractivity contribution is 7.21. The second kappa shape index (κ2) is 10.5. The molecule has 11 heteroatoms. The first-order valence-electron chi connectivity index (χ1n) is 12.6. The number of hydrogen-bond donors (Lipinski definition) is 2. The van der Waals surface area contributed by atoms with E-state index < -0.39 is 5.91 Å². The number of aryl methyl sites for hydroxylation is 1. The fourth-order valence-corrected chi connectivity index (χ4v) is 6.31. The number of carbonyl (C=O) groups is 2. The first-order valence-corrected chi connectivity index (χ1v) is 13.4. The van der Waals surface area contributed by atoms with Crippen LogP contribution in [0.1, 0.15) is 49.2 Å². The lowest BCUT2D eigenvalue weighted by Crippen LogP contribution is -2.50. The topological polar surface area (TPSA) is 128 Å². The second-order valence-corrected chi connectivity index (χ2v) is 10.7. The Bertz CT molecular complexity index is 1510. The van der Waals surface area contributed by atoms with Gasteiger partial charge in [-0.15, -0.1) is 11.3 Å². The monoisotopic (exact) mass is 533 g/mol. The summed E-state index contributed by atoms with van der Waals surface area (Å²) in [6.45, 7) is 7.06. The lowest BCUT2D eigenvalue weighted by atomic mass is 9.99. The number of nitrogens with zero attached hydrogens (tertiary/aromatic N) is 5. The number of methoxy groups -OCH3 is 1. The van der Waals surface area contributed by atoms with Crippen LogP contribution in [-0.2, 0) is 4.79 Å². The average Bonchev–Trinajstić information content (AvgIpc) is 3.49. The van der Waals surface area contributed by atoms with Gasteiger partial charge >= 0.3 is 0 Å². The van der Waals surface area contributed by atoms with E-state index in [-0.39, 0.29) is 18.0 Å². The largest absolute Gasteiger partial charge is 0.481 e. The van der Waals surface area contributed by atoms with Gasteiger partial charge in [0, 0.05) is 23.5 Å². The van der Waals surface area contributed by atoms with E-state index >= 15 is 0 Å². The molecule has 0 radical (unpaired) electrons. The van der Waals surface area contributed by atoms with Gasteiger partial charge < -0.3 is 15.8 Å². The number of rotatable bonds is 7. The van der Waals surface area contributed by atoms with Crippen molar-refractivity contribution in [3.05, 3.63) is 48.0 Å². The number of fused-ring (bicyclic) bond motifs is 1. The molecule has 5 rings (SSSR count). The predicted octanol–water partition coefficient (Wildman–Crippen LogP) is 4.14. The molecule has 3 N–H and O–H groups in total. The van der Waals surface area contributed by atoms with Gasteiger partial charge in [-0.25, -0.2) is 9.50 Å². The Morgan fingerprint density at radius 1 is 1.21 bits per heavy atom. The standard InChI is InChI=1S/C27H31N7O3S/c1-15(2)33-11-6-5-9-21(33)25(36)32-17-12-19(16(3)30-13-17)22-23(18-8-7-10-29-26(18)37-4)38-27-20(24(28)35)14-31-34(22)27/h7-8,10,12-15,21H,5-6,9,11H2,1-4H3,(H2,28,35)(H,32,36). The highest BCUT2D eigenvalue weighted by Gasteiger charge is 2.31. The van der Waals surface area contributed by atoms with E-state index in [9.17, 15) is 9.59 Å². The third-order valence-electron chi connectivity index (χ3n) is 6.95. The predicted molar refractivity (Wildman–Crippen MR) is 147 cm³/mol. The zero-order chi connectivity index (χ0) is 27.0. The highest BCUT2D eigenvalue weighted by Crippen LogP contribution is 2.44. The van der Waals surface area contributed by atoms with Crippen LogP contribution in [-0.4, -0.2) is 62.0 Å². The smallest absolute Gasteiger partial charge is 0.253 e. The molecule has 0 saturated carbocycles. The van der Waals surface area contributed by atoms with Crippen molar-refractivity contribution in [2.24, 2.45) is 5.73 Å². The van der Waals surface area contributed by atoms with Crippen molar-refractivity contribution in [1.29, 1.82) is 0 Å². The van der Waals surface area contributed by atoms with Crippen LogP contribution in [0.25, 0.3) is 26.5 Å². The molecule has 0 spiro atoms. The molecule has 10 nitrogen and oxygen atoms in total. The molecule has 1 fully saturated rings. The van der Waals surface area contributed by atoms with Gasteiger partial charge in [-0.05, 0) is 58.4 Å². The number of primary amides is 1. The maximum Gasteiger partial charge on any atom is 0.253 e. The number of carbonyl (C=O) groups excluding carboxylic acids is 2. The van der Waals surface area contributed by atoms with Gasteiger partial charge in [-0.1, -0.05) is 6.42 Å². The third-order valence-corrected chi connectivity index (χ3v) is 8.15. The van der Waals surface area contributed by atoms with Crippen LogP contribution >= 0.6 is 11.3 Å². The van der Waals surface area contributed by atoms with Crippen molar-refractivity contribution in [2.75, 3.05) is 19.0 Å². The Hall–Kier alpha value is -3.83. The number of amides is 2. The van der Waals surface area contributed by atoms with E-state index in [1.165, 1.54) is 17.5 Å². The van der Waals surface area contributed by atoms with E-state index in [0.29, 0.717) is 27.7 Å². The molecule has 2 amide bonds. The first-order chi connectivity index (χ1) is 18.3. The van der Waals surface area contributed by atoms with Gasteiger partial charge in [0.05, 0.1) is 52.9 Å². The number of aromatic nitrogens is 4. The Morgan fingerprint density at radius 3 is 2.76 bits per heavy atom. The summed E-state index contributed by atoms with van der Waals surface area (Å²) in [6, 6.07) is 5.74. The number of thiazole rings is 1. The fourth-order valence-electron chi connectivity index (χ4n) is 5.07. The van der Waals surface area contributed by atoms with Crippen molar-refractivity contribution in [3.8, 4) is 27.6 Å². The minimum Gasteiger partial charge on any atom is -0.481 e. The molecule has 5 heterocycles. The molecule has 4 aromatic heterocycles. The number of nitrogens with one attached hydrogen (secondary N) is 1. The van der Waals surface area contributed by atoms with E-state index in [1.54, 1.807) is 24.0 Å². The summed E-state index contributed by atoms with van der Waals surface area (Å²) in [5.74, 6) is -0.148. The van der Waals surface area contributed by atoms with E-state index in [4.69, 9.17) is 10.5 Å². The number of hydrogen-bond acceptors (Lipinski definition) is 8. The van der Waals surface area contributed by atoms with E-state index in [2.05, 4.69) is 39.1 Å². The van der Waals surface area contributed by atoms with Gasteiger partial charge in [0.25, 0.3) is 5.91 Å². The van der Waals surface area contributed by atoms with Crippen LogP contribution in [0, 0.1) is 6.92 Å². The normalized spacial score (nSPS) is 16.2. The van der Waals surface area contributed by atoms with Crippen LogP contribution in [0.3, 0.4) is 0 Å². The maximum absolute atomic E-state index is 13.4. The summed E-state index contributed by atoms with van der Waals surface area (Å²) in [6.07, 6.45) is 7.76. The molecular weight excluding hydrogens is 502 g/mol. The second-order valence-electron chi connectivity index (χ2n) is 9.67. The number of anilines is 1. The lowest BCUT2D eigenvalue weighted by molar-refractivity contribution is -0.123. The van der Waals surface area contributed by atoms with Crippen LogP contribution in [0.15, 0.2) is 36.8 Å². The van der Waals surface area contributed by atoms with Crippen LogP contribution in [0.4, 0.5) is 5.69 Å². The van der Waals surface area contributed by atoms with Crippen LogP contribution < -0.4 is 15.8 Å². The minimum absolute atomic E-state index is 0.0327. The van der Waals surface area contributed by atoms with Gasteiger partial charge in [0.15, 0.2) is 0 Å². The number of ether oxygens (including phenoxy) is 1. The first kappa shape index (κ1) is 25.8. The molecule has 0 aromatic carbocycles. The molecule has 38 heavy (non-hydrogen) atoms. The summed E-state index contributed by atoms with van der Waals surface area (Å²) in [7, 11) is 1.56. The molecule has 198 valence electrons. The number of pyridine rings is 2. The van der Waals surface area contributed by atoms with Gasteiger partial charge in [-0.2, -0.15) is 5.10 Å². The van der Waals surface area contributed by atoms with Gasteiger partial charge in [0.2, 0.25) is 11.8 Å². The van der Waals surface area contributed by atoms with Crippen molar-refractivity contribution < 1.29 is 14.3 Å². The molecule has 4 aromatic rings. The molecule has 1 atom stereocenters. The zero-order valence-electron chi connectivity index (χ0n) is 21.9. The lowest BCUT2D eigenvalue weighted by Gasteiger charge is -2.37.